The number of anilines is 1. The molecule has 0 saturated heterocycles. The van der Waals surface area contributed by atoms with E-state index in [4.69, 9.17) is 9.47 Å². The average Bonchev–Trinajstić information content (AvgIpc) is 3.40. The summed E-state index contributed by atoms with van der Waals surface area (Å²) >= 11 is 0. The first kappa shape index (κ1) is 34.8. The number of unbranched alkanes of at least 4 members (excludes halogenated alkanes) is 2. The van der Waals surface area contributed by atoms with Gasteiger partial charge in [-0.3, -0.25) is 9.59 Å². The van der Waals surface area contributed by atoms with Crippen molar-refractivity contribution in [2.45, 2.75) is 89.7 Å². The first-order chi connectivity index (χ1) is 23.5. The first-order valence-electron chi connectivity index (χ1n) is 17.5. The molecule has 0 bridgehead atoms. The molecule has 9 heteroatoms. The Kier molecular flexibility index (Phi) is 13.1. The third kappa shape index (κ3) is 10.2. The number of ether oxygens (including phenoxy) is 2. The van der Waals surface area contributed by atoms with Crippen molar-refractivity contribution >= 4 is 23.6 Å². The van der Waals surface area contributed by atoms with Crippen molar-refractivity contribution in [3.8, 4) is 11.5 Å². The maximum atomic E-state index is 13.9. The van der Waals surface area contributed by atoms with Crippen LogP contribution in [0.4, 0.5) is 10.5 Å². The number of aromatic hydroxyl groups is 1. The van der Waals surface area contributed by atoms with Crippen LogP contribution in [0.2, 0.25) is 0 Å². The van der Waals surface area contributed by atoms with Gasteiger partial charge in [-0.1, -0.05) is 98.8 Å². The minimum Gasteiger partial charge on any atom is -0.506 e. The van der Waals surface area contributed by atoms with E-state index < -0.39 is 6.09 Å². The zero-order valence-corrected chi connectivity index (χ0v) is 27.9. The van der Waals surface area contributed by atoms with E-state index in [-0.39, 0.29) is 43.2 Å². The summed E-state index contributed by atoms with van der Waals surface area (Å²) in [5.41, 5.74) is 3.35. The van der Waals surface area contributed by atoms with E-state index in [1.165, 1.54) is 12.8 Å². The number of phenols is 1. The van der Waals surface area contributed by atoms with Gasteiger partial charge in [-0.05, 0) is 61.3 Å². The van der Waals surface area contributed by atoms with Gasteiger partial charge >= 0.3 is 6.09 Å². The number of nitrogens with zero attached hydrogens (tertiary/aromatic N) is 2. The molecule has 3 amide bonds. The molecule has 0 aromatic heterocycles. The molecular weight excluding hydrogens is 606 g/mol. The summed E-state index contributed by atoms with van der Waals surface area (Å²) < 4.78 is 11.3. The van der Waals surface area contributed by atoms with Crippen molar-refractivity contribution < 1.29 is 29.0 Å². The Labute approximate surface area is 284 Å². The smallest absolute Gasteiger partial charge is 0.410 e. The van der Waals surface area contributed by atoms with Crippen LogP contribution in [0.3, 0.4) is 0 Å². The molecule has 1 heterocycles. The maximum absolute atomic E-state index is 13.9. The minimum atomic E-state index is -0.399. The average molecular weight is 656 g/mol. The van der Waals surface area contributed by atoms with Crippen LogP contribution in [-0.2, 0) is 33.8 Å². The zero-order chi connectivity index (χ0) is 33.6. The molecule has 9 nitrogen and oxygen atoms in total. The van der Waals surface area contributed by atoms with Crippen molar-refractivity contribution in [2.24, 2.45) is 0 Å². The molecule has 5 rings (SSSR count). The van der Waals surface area contributed by atoms with Crippen LogP contribution in [0.5, 0.6) is 11.5 Å². The SMILES string of the molecule is O=C1COc2c(CCCCCN(C(=O)CCN(CCc3ccccc3)C(=O)OCc3ccccc3)C3CCCCCC3)ccc(O)c2N1. The van der Waals surface area contributed by atoms with E-state index in [1.54, 1.807) is 11.0 Å². The first-order valence-corrected chi connectivity index (χ1v) is 17.5. The molecule has 0 unspecified atom stereocenters. The highest BCUT2D eigenvalue weighted by molar-refractivity contribution is 5.97. The number of carbonyl (C=O) groups excluding carboxylic acids is 3. The molecule has 3 aromatic rings. The van der Waals surface area contributed by atoms with Crippen LogP contribution in [0.1, 0.15) is 80.9 Å². The van der Waals surface area contributed by atoms with Crippen molar-refractivity contribution in [2.75, 3.05) is 31.6 Å². The molecule has 0 atom stereocenters. The Hall–Kier alpha value is -4.53. The van der Waals surface area contributed by atoms with Crippen LogP contribution in [-0.4, -0.2) is 65.1 Å². The second kappa shape index (κ2) is 18.1. The van der Waals surface area contributed by atoms with E-state index in [2.05, 4.69) is 10.2 Å². The van der Waals surface area contributed by atoms with E-state index in [9.17, 15) is 19.5 Å². The molecule has 1 aliphatic heterocycles. The predicted octanol–water partition coefficient (Wildman–Crippen LogP) is 7.26. The normalized spacial score (nSPS) is 14.6. The van der Waals surface area contributed by atoms with Gasteiger partial charge in [0.15, 0.2) is 12.4 Å². The van der Waals surface area contributed by atoms with Crippen molar-refractivity contribution in [3.05, 3.63) is 89.5 Å². The summed E-state index contributed by atoms with van der Waals surface area (Å²) in [5, 5.41) is 12.9. The summed E-state index contributed by atoms with van der Waals surface area (Å²) in [5.74, 6) is 0.368. The fraction of sp³-hybridized carbons (Fsp3) is 0.462. The third-order valence-electron chi connectivity index (χ3n) is 9.33. The lowest BCUT2D eigenvalue weighted by Gasteiger charge is -2.32. The quantitative estimate of drug-likeness (QED) is 0.101. The van der Waals surface area contributed by atoms with Gasteiger partial charge < -0.3 is 29.7 Å². The number of phenolic OH excluding ortho intramolecular Hbond substituents is 1. The second-order valence-corrected chi connectivity index (χ2v) is 12.8. The van der Waals surface area contributed by atoms with Gasteiger partial charge in [0.2, 0.25) is 5.91 Å². The fourth-order valence-electron chi connectivity index (χ4n) is 6.65. The number of carbonyl (C=O) groups is 3. The van der Waals surface area contributed by atoms with Crippen molar-refractivity contribution in [1.82, 2.24) is 9.80 Å². The topological polar surface area (TPSA) is 108 Å². The largest absolute Gasteiger partial charge is 0.506 e. The Balaban J connectivity index is 1.17. The van der Waals surface area contributed by atoms with Gasteiger partial charge in [0.25, 0.3) is 5.91 Å². The lowest BCUT2D eigenvalue weighted by atomic mass is 10.0. The summed E-state index contributed by atoms with van der Waals surface area (Å²) in [6, 6.07) is 23.4. The molecule has 0 radical (unpaired) electrons. The van der Waals surface area contributed by atoms with Gasteiger partial charge in [-0.15, -0.1) is 0 Å². The number of aryl methyl sites for hydroxylation is 1. The number of benzene rings is 3. The van der Waals surface area contributed by atoms with Crippen LogP contribution < -0.4 is 10.1 Å². The molecule has 3 aromatic carbocycles. The Morgan fingerprint density at radius 2 is 1.52 bits per heavy atom. The minimum absolute atomic E-state index is 0.00226. The molecule has 1 saturated carbocycles. The summed E-state index contributed by atoms with van der Waals surface area (Å²) in [6.45, 7) is 1.60. The Morgan fingerprint density at radius 1 is 0.812 bits per heavy atom. The molecule has 48 heavy (non-hydrogen) atoms. The standard InChI is InChI=1S/C39H49N3O6/c43-34-22-21-32(38-37(34)40-35(44)29-47-38)18-10-5-13-25-42(33-19-11-1-2-12-20-33)36(45)24-27-41(26-23-30-14-6-3-7-15-30)39(46)48-28-31-16-8-4-9-17-31/h3-4,6-9,14-17,21-22,33,43H,1-2,5,10-13,18-20,23-29H2,(H,40,44). The molecule has 1 aliphatic carbocycles. The van der Waals surface area contributed by atoms with E-state index in [1.807, 2.05) is 66.7 Å². The fourth-order valence-corrected chi connectivity index (χ4v) is 6.65. The highest BCUT2D eigenvalue weighted by Crippen LogP contribution is 2.39. The van der Waals surface area contributed by atoms with Gasteiger partial charge in [-0.2, -0.15) is 0 Å². The van der Waals surface area contributed by atoms with E-state index in [0.717, 1.165) is 68.1 Å². The maximum Gasteiger partial charge on any atom is 0.410 e. The lowest BCUT2D eigenvalue weighted by molar-refractivity contribution is -0.134. The van der Waals surface area contributed by atoms with Crippen molar-refractivity contribution in [3.63, 3.8) is 0 Å². The second-order valence-electron chi connectivity index (χ2n) is 12.8. The van der Waals surface area contributed by atoms with Gasteiger partial charge in [-0.25, -0.2) is 4.79 Å². The highest BCUT2D eigenvalue weighted by atomic mass is 16.6. The molecule has 1 fully saturated rings. The van der Waals surface area contributed by atoms with Crippen LogP contribution in [0.15, 0.2) is 72.8 Å². The summed E-state index contributed by atoms with van der Waals surface area (Å²) in [7, 11) is 0. The van der Waals surface area contributed by atoms with Crippen LogP contribution >= 0.6 is 0 Å². The van der Waals surface area contributed by atoms with E-state index >= 15 is 0 Å². The van der Waals surface area contributed by atoms with Crippen LogP contribution in [0.25, 0.3) is 0 Å². The lowest BCUT2D eigenvalue weighted by Crippen LogP contribution is -2.43. The Bertz CT molecular complexity index is 1470. The summed E-state index contributed by atoms with van der Waals surface area (Å²) in [4.78, 5) is 42.7. The van der Waals surface area contributed by atoms with Gasteiger partial charge in [0.05, 0.1) is 0 Å². The Morgan fingerprint density at radius 3 is 2.25 bits per heavy atom. The van der Waals surface area contributed by atoms with Gasteiger partial charge in [0, 0.05) is 32.1 Å². The number of amides is 3. The summed E-state index contributed by atoms with van der Waals surface area (Å²) in [6.07, 6.45) is 10.7. The van der Waals surface area contributed by atoms with E-state index in [0.29, 0.717) is 37.5 Å². The molecule has 256 valence electrons. The molecule has 2 N–H and O–H groups in total. The van der Waals surface area contributed by atoms with Crippen LogP contribution in [0, 0.1) is 0 Å². The number of hydrogen-bond donors (Lipinski definition) is 2. The zero-order valence-electron chi connectivity index (χ0n) is 27.9. The number of hydrogen-bond acceptors (Lipinski definition) is 6. The monoisotopic (exact) mass is 655 g/mol. The molecule has 0 spiro atoms. The third-order valence-corrected chi connectivity index (χ3v) is 9.33. The highest BCUT2D eigenvalue weighted by Gasteiger charge is 2.26. The number of nitrogens with one attached hydrogen (secondary N) is 1. The molecular formula is C39H49N3O6. The number of fused-ring (bicyclic) bond motifs is 1. The number of rotatable bonds is 15. The van der Waals surface area contributed by atoms with Crippen molar-refractivity contribution in [1.29, 1.82) is 0 Å². The molecule has 2 aliphatic rings. The van der Waals surface area contributed by atoms with Gasteiger partial charge in [0.1, 0.15) is 18.0 Å². The predicted molar refractivity (Wildman–Crippen MR) is 186 cm³/mol.